The first-order chi connectivity index (χ1) is 14.7. The van der Waals surface area contributed by atoms with Crippen LogP contribution in [-0.2, 0) is 25.2 Å². The summed E-state index contributed by atoms with van der Waals surface area (Å²) >= 11 is 0. The van der Waals surface area contributed by atoms with Crippen molar-refractivity contribution < 1.29 is 23.1 Å². The molecule has 0 bridgehead atoms. The van der Waals surface area contributed by atoms with Crippen molar-refractivity contribution in [3.8, 4) is 0 Å². The number of carbonyl (C=O) groups is 1. The SMILES string of the molecule is CCCCS(=O)(=O)N[C@H](COC(C)(C(=O)O)c1ccccc1)[C@H](C)Nc1ccccn1. The van der Waals surface area contributed by atoms with Crippen LogP contribution in [-0.4, -0.2) is 48.9 Å². The van der Waals surface area contributed by atoms with Crippen molar-refractivity contribution in [2.75, 3.05) is 17.7 Å². The second-order valence-electron chi connectivity index (χ2n) is 7.56. The Hall–Kier alpha value is -2.49. The number of nitrogens with zero attached hydrogens (tertiary/aromatic N) is 1. The molecule has 31 heavy (non-hydrogen) atoms. The Morgan fingerprint density at radius 3 is 2.45 bits per heavy atom. The van der Waals surface area contributed by atoms with E-state index in [2.05, 4.69) is 15.0 Å². The molecule has 0 radical (unpaired) electrons. The van der Waals surface area contributed by atoms with Crippen molar-refractivity contribution in [3.05, 3.63) is 60.3 Å². The van der Waals surface area contributed by atoms with E-state index >= 15 is 0 Å². The van der Waals surface area contributed by atoms with Gasteiger partial charge in [0.15, 0.2) is 5.60 Å². The number of aromatic nitrogens is 1. The van der Waals surface area contributed by atoms with Crippen LogP contribution >= 0.6 is 0 Å². The number of carboxylic acids is 1. The van der Waals surface area contributed by atoms with Gasteiger partial charge in [-0.05, 0) is 38.0 Å². The average molecular weight is 450 g/mol. The van der Waals surface area contributed by atoms with Gasteiger partial charge in [-0.2, -0.15) is 0 Å². The standard InChI is InChI=1S/C22H31N3O5S/c1-4-5-15-31(28,29)25-19(17(2)24-20-13-9-10-14-23-20)16-30-22(3,21(26)27)18-11-7-6-8-12-18/h6-14,17,19,25H,4-5,15-16H2,1-3H3,(H,23,24)(H,26,27)/t17-,19+,22?/m0/s1. The third-order valence-electron chi connectivity index (χ3n) is 5.03. The fraction of sp³-hybridized carbons (Fsp3) is 0.455. The molecule has 8 nitrogen and oxygen atoms in total. The van der Waals surface area contributed by atoms with Gasteiger partial charge in [-0.15, -0.1) is 0 Å². The largest absolute Gasteiger partial charge is 0.479 e. The van der Waals surface area contributed by atoms with Gasteiger partial charge < -0.3 is 15.2 Å². The highest BCUT2D eigenvalue weighted by Gasteiger charge is 2.38. The minimum atomic E-state index is -3.57. The number of rotatable bonds is 13. The lowest BCUT2D eigenvalue weighted by molar-refractivity contribution is -0.166. The van der Waals surface area contributed by atoms with E-state index < -0.39 is 33.7 Å². The quantitative estimate of drug-likeness (QED) is 0.430. The number of pyridine rings is 1. The summed E-state index contributed by atoms with van der Waals surface area (Å²) in [5, 5.41) is 13.0. The van der Waals surface area contributed by atoms with Crippen LogP contribution in [0.4, 0.5) is 5.82 Å². The average Bonchev–Trinajstić information content (AvgIpc) is 2.76. The molecule has 1 heterocycles. The summed E-state index contributed by atoms with van der Waals surface area (Å²) in [6.45, 7) is 5.03. The molecule has 0 fully saturated rings. The molecule has 2 aromatic rings. The maximum absolute atomic E-state index is 12.6. The molecular formula is C22H31N3O5S. The number of anilines is 1. The van der Waals surface area contributed by atoms with Crippen molar-refractivity contribution >= 4 is 21.8 Å². The van der Waals surface area contributed by atoms with Crippen LogP contribution < -0.4 is 10.0 Å². The van der Waals surface area contributed by atoms with Crippen molar-refractivity contribution in [2.45, 2.75) is 51.3 Å². The second kappa shape index (κ2) is 11.2. The molecule has 170 valence electrons. The van der Waals surface area contributed by atoms with Crippen molar-refractivity contribution in [2.24, 2.45) is 0 Å². The molecular weight excluding hydrogens is 418 g/mol. The highest BCUT2D eigenvalue weighted by atomic mass is 32.2. The summed E-state index contributed by atoms with van der Waals surface area (Å²) in [6.07, 6.45) is 2.90. The Labute approximate surface area is 184 Å². The van der Waals surface area contributed by atoms with Crippen LogP contribution in [0.3, 0.4) is 0 Å². The molecule has 0 aliphatic rings. The molecule has 9 heteroatoms. The highest BCUT2D eigenvalue weighted by molar-refractivity contribution is 7.89. The zero-order valence-corrected chi connectivity index (χ0v) is 18.9. The number of unbranched alkanes of at least 4 members (excludes halogenated alkanes) is 1. The first kappa shape index (κ1) is 24.8. The monoisotopic (exact) mass is 449 g/mol. The van der Waals surface area contributed by atoms with E-state index in [-0.39, 0.29) is 12.4 Å². The molecule has 0 saturated heterocycles. The fourth-order valence-corrected chi connectivity index (χ4v) is 4.49. The molecule has 0 aliphatic heterocycles. The molecule has 0 spiro atoms. The van der Waals surface area contributed by atoms with E-state index in [0.717, 1.165) is 6.42 Å². The number of hydrogen-bond donors (Lipinski definition) is 3. The van der Waals surface area contributed by atoms with E-state index in [1.54, 1.807) is 55.6 Å². The molecule has 0 aliphatic carbocycles. The highest BCUT2D eigenvalue weighted by Crippen LogP contribution is 2.26. The van der Waals surface area contributed by atoms with Gasteiger partial charge in [-0.3, -0.25) is 0 Å². The Bertz CT molecular complexity index is 925. The first-order valence-electron chi connectivity index (χ1n) is 10.3. The van der Waals surface area contributed by atoms with Gasteiger partial charge in [0, 0.05) is 12.2 Å². The van der Waals surface area contributed by atoms with Gasteiger partial charge in [0.05, 0.1) is 18.4 Å². The van der Waals surface area contributed by atoms with Crippen LogP contribution in [0, 0.1) is 0 Å². The molecule has 3 N–H and O–H groups in total. The smallest absolute Gasteiger partial charge is 0.340 e. The zero-order valence-electron chi connectivity index (χ0n) is 18.1. The maximum Gasteiger partial charge on any atom is 0.340 e. The van der Waals surface area contributed by atoms with Gasteiger partial charge >= 0.3 is 5.97 Å². The van der Waals surface area contributed by atoms with E-state index in [0.29, 0.717) is 17.8 Å². The molecule has 0 amide bonds. The van der Waals surface area contributed by atoms with Gasteiger partial charge in [0.2, 0.25) is 10.0 Å². The summed E-state index contributed by atoms with van der Waals surface area (Å²) in [7, 11) is -3.57. The Balaban J connectivity index is 2.23. The van der Waals surface area contributed by atoms with Crippen molar-refractivity contribution in [3.63, 3.8) is 0 Å². The topological polar surface area (TPSA) is 118 Å². The van der Waals surface area contributed by atoms with Gasteiger partial charge in [0.25, 0.3) is 0 Å². The summed E-state index contributed by atoms with van der Waals surface area (Å²) < 4.78 is 33.7. The third kappa shape index (κ3) is 7.30. The van der Waals surface area contributed by atoms with Crippen LogP contribution in [0.5, 0.6) is 0 Å². The Morgan fingerprint density at radius 2 is 1.87 bits per heavy atom. The zero-order chi connectivity index (χ0) is 22.9. The lowest BCUT2D eigenvalue weighted by Crippen LogP contribution is -2.51. The predicted molar refractivity (Wildman–Crippen MR) is 120 cm³/mol. The number of hydrogen-bond acceptors (Lipinski definition) is 6. The van der Waals surface area contributed by atoms with Crippen LogP contribution in [0.25, 0.3) is 0 Å². The first-order valence-corrected chi connectivity index (χ1v) is 11.9. The molecule has 1 aromatic heterocycles. The lowest BCUT2D eigenvalue weighted by Gasteiger charge is -2.31. The Morgan fingerprint density at radius 1 is 1.19 bits per heavy atom. The summed E-state index contributed by atoms with van der Waals surface area (Å²) in [5.41, 5.74) is -1.15. The minimum absolute atomic E-state index is 0.00874. The second-order valence-corrected chi connectivity index (χ2v) is 9.43. The molecule has 3 atom stereocenters. The number of benzene rings is 1. The van der Waals surface area contributed by atoms with Gasteiger partial charge in [-0.1, -0.05) is 49.7 Å². The number of carboxylic acid groups (broad SMARTS) is 1. The maximum atomic E-state index is 12.6. The van der Waals surface area contributed by atoms with E-state index in [1.165, 1.54) is 6.92 Å². The third-order valence-corrected chi connectivity index (χ3v) is 6.51. The lowest BCUT2D eigenvalue weighted by atomic mass is 9.96. The predicted octanol–water partition coefficient (Wildman–Crippen LogP) is 2.99. The Kier molecular flexibility index (Phi) is 8.97. The fourth-order valence-electron chi connectivity index (χ4n) is 2.97. The van der Waals surface area contributed by atoms with Crippen LogP contribution in [0.15, 0.2) is 54.7 Å². The van der Waals surface area contributed by atoms with E-state index in [4.69, 9.17) is 4.74 Å². The molecule has 1 unspecified atom stereocenters. The summed E-state index contributed by atoms with van der Waals surface area (Å²) in [6, 6.07) is 12.8. The normalized spacial score (nSPS) is 15.6. The van der Waals surface area contributed by atoms with Crippen molar-refractivity contribution in [1.29, 1.82) is 0 Å². The van der Waals surface area contributed by atoms with Crippen molar-refractivity contribution in [1.82, 2.24) is 9.71 Å². The molecule has 1 aromatic carbocycles. The minimum Gasteiger partial charge on any atom is -0.479 e. The van der Waals surface area contributed by atoms with E-state index in [1.807, 2.05) is 13.0 Å². The molecule has 2 rings (SSSR count). The summed E-state index contributed by atoms with van der Waals surface area (Å²) in [4.78, 5) is 16.2. The van der Waals surface area contributed by atoms with Crippen LogP contribution in [0.1, 0.15) is 39.2 Å². The van der Waals surface area contributed by atoms with Gasteiger partial charge in [-0.25, -0.2) is 22.9 Å². The van der Waals surface area contributed by atoms with Crippen LogP contribution in [0.2, 0.25) is 0 Å². The summed E-state index contributed by atoms with van der Waals surface area (Å²) in [5.74, 6) is -0.584. The number of nitrogens with one attached hydrogen (secondary N) is 2. The number of sulfonamides is 1. The number of ether oxygens (including phenoxy) is 1. The number of aliphatic carboxylic acids is 1. The van der Waals surface area contributed by atoms with Gasteiger partial charge in [0.1, 0.15) is 5.82 Å². The molecule has 0 saturated carbocycles. The van der Waals surface area contributed by atoms with E-state index in [9.17, 15) is 18.3 Å².